The van der Waals surface area contributed by atoms with Gasteiger partial charge in [-0.25, -0.2) is 0 Å². The van der Waals surface area contributed by atoms with Crippen LogP contribution in [0.4, 0.5) is 5.69 Å². The molecule has 104 valence electrons. The Hall–Kier alpha value is -1.06. The van der Waals surface area contributed by atoms with E-state index in [-0.39, 0.29) is 6.10 Å². The Balaban J connectivity index is 1.56. The summed E-state index contributed by atoms with van der Waals surface area (Å²) in [7, 11) is 0. The lowest BCUT2D eigenvalue weighted by Gasteiger charge is -2.29. The molecule has 0 spiro atoms. The lowest BCUT2D eigenvalue weighted by atomic mass is 10.1. The van der Waals surface area contributed by atoms with Crippen LogP contribution in [0.5, 0.6) is 0 Å². The first kappa shape index (κ1) is 12.9. The lowest BCUT2D eigenvalue weighted by molar-refractivity contribution is 0.0792. The van der Waals surface area contributed by atoms with Crippen molar-refractivity contribution in [2.24, 2.45) is 0 Å². The maximum atomic E-state index is 9.52. The molecule has 19 heavy (non-hydrogen) atoms. The first-order valence-electron chi connectivity index (χ1n) is 7.55. The predicted octanol–water partition coefficient (Wildman–Crippen LogP) is 2.24. The lowest BCUT2D eigenvalue weighted by Crippen LogP contribution is -2.35. The van der Waals surface area contributed by atoms with Gasteiger partial charge in [0.15, 0.2) is 0 Å². The molecule has 3 heteroatoms. The summed E-state index contributed by atoms with van der Waals surface area (Å²) in [6, 6.07) is 9.05. The molecule has 0 bridgehead atoms. The van der Waals surface area contributed by atoms with Gasteiger partial charge in [-0.2, -0.15) is 0 Å². The Kier molecular flexibility index (Phi) is 4.04. The van der Waals surface area contributed by atoms with Gasteiger partial charge in [0.1, 0.15) is 0 Å². The predicted molar refractivity (Wildman–Crippen MR) is 78.4 cm³/mol. The topological polar surface area (TPSA) is 26.7 Å². The Bertz CT molecular complexity index is 390. The van der Waals surface area contributed by atoms with Crippen molar-refractivity contribution >= 4 is 5.69 Å². The SMILES string of the molecule is OC1CCN(Cc2ccc(N3CCCC3)cc2)CC1. The molecule has 1 aromatic rings. The smallest absolute Gasteiger partial charge is 0.0564 e. The first-order valence-corrected chi connectivity index (χ1v) is 7.55. The molecular formula is C16H24N2O. The number of anilines is 1. The number of rotatable bonds is 3. The highest BCUT2D eigenvalue weighted by molar-refractivity contribution is 5.48. The molecule has 3 rings (SSSR count). The Morgan fingerprint density at radius 3 is 2.21 bits per heavy atom. The van der Waals surface area contributed by atoms with Gasteiger partial charge in [-0.3, -0.25) is 4.90 Å². The zero-order chi connectivity index (χ0) is 13.1. The van der Waals surface area contributed by atoms with Crippen LogP contribution in [0.25, 0.3) is 0 Å². The summed E-state index contributed by atoms with van der Waals surface area (Å²) >= 11 is 0. The van der Waals surface area contributed by atoms with Crippen LogP contribution in [0.1, 0.15) is 31.2 Å². The van der Waals surface area contributed by atoms with Crippen molar-refractivity contribution in [1.82, 2.24) is 4.90 Å². The van der Waals surface area contributed by atoms with Crippen LogP contribution in [0, 0.1) is 0 Å². The molecule has 1 aromatic carbocycles. The fourth-order valence-electron chi connectivity index (χ4n) is 3.12. The highest BCUT2D eigenvalue weighted by atomic mass is 16.3. The molecule has 1 N–H and O–H groups in total. The minimum atomic E-state index is -0.0752. The third-order valence-electron chi connectivity index (χ3n) is 4.37. The average molecular weight is 260 g/mol. The molecule has 2 aliphatic rings. The van der Waals surface area contributed by atoms with Gasteiger partial charge in [0.25, 0.3) is 0 Å². The summed E-state index contributed by atoms with van der Waals surface area (Å²) in [5, 5.41) is 9.52. The standard InChI is InChI=1S/C16H24N2O/c19-16-7-11-17(12-8-16)13-14-3-5-15(6-4-14)18-9-1-2-10-18/h3-6,16,19H,1-2,7-13H2. The van der Waals surface area contributed by atoms with Crippen molar-refractivity contribution in [2.75, 3.05) is 31.1 Å². The number of nitrogens with zero attached hydrogens (tertiary/aromatic N) is 2. The zero-order valence-corrected chi connectivity index (χ0v) is 11.6. The van der Waals surface area contributed by atoms with Crippen LogP contribution in [0.15, 0.2) is 24.3 Å². The third kappa shape index (κ3) is 3.28. The first-order chi connectivity index (χ1) is 9.31. The summed E-state index contributed by atoms with van der Waals surface area (Å²) in [5.74, 6) is 0. The minimum Gasteiger partial charge on any atom is -0.393 e. The van der Waals surface area contributed by atoms with Gasteiger partial charge in [0, 0.05) is 38.4 Å². The van der Waals surface area contributed by atoms with Crippen molar-refractivity contribution in [3.63, 3.8) is 0 Å². The molecule has 3 nitrogen and oxygen atoms in total. The van der Waals surface area contributed by atoms with E-state index in [0.29, 0.717) is 0 Å². The summed E-state index contributed by atoms with van der Waals surface area (Å²) in [6.07, 6.45) is 4.43. The third-order valence-corrected chi connectivity index (χ3v) is 4.37. The number of aliphatic hydroxyl groups excluding tert-OH is 1. The summed E-state index contributed by atoms with van der Waals surface area (Å²) in [6.45, 7) is 5.49. The molecular weight excluding hydrogens is 236 g/mol. The van der Waals surface area contributed by atoms with Crippen LogP contribution in [-0.4, -0.2) is 42.3 Å². The summed E-state index contributed by atoms with van der Waals surface area (Å²) in [5.41, 5.74) is 2.76. The molecule has 2 fully saturated rings. The van der Waals surface area contributed by atoms with Crippen molar-refractivity contribution in [2.45, 2.75) is 38.3 Å². The molecule has 2 aliphatic heterocycles. The maximum absolute atomic E-state index is 9.52. The largest absolute Gasteiger partial charge is 0.393 e. The van der Waals surface area contributed by atoms with Crippen LogP contribution < -0.4 is 4.90 Å². The van der Waals surface area contributed by atoms with E-state index in [4.69, 9.17) is 0 Å². The van der Waals surface area contributed by atoms with Gasteiger partial charge in [0.05, 0.1) is 6.10 Å². The molecule has 0 aromatic heterocycles. The Morgan fingerprint density at radius 2 is 1.58 bits per heavy atom. The monoisotopic (exact) mass is 260 g/mol. The van der Waals surface area contributed by atoms with Gasteiger partial charge < -0.3 is 10.0 Å². The van der Waals surface area contributed by atoms with Crippen LogP contribution in [0.2, 0.25) is 0 Å². The van der Waals surface area contributed by atoms with Crippen molar-refractivity contribution in [3.8, 4) is 0 Å². The van der Waals surface area contributed by atoms with E-state index in [0.717, 1.165) is 32.5 Å². The van der Waals surface area contributed by atoms with Gasteiger partial charge in [-0.15, -0.1) is 0 Å². The number of piperidine rings is 1. The van der Waals surface area contributed by atoms with E-state index < -0.39 is 0 Å². The van der Waals surface area contributed by atoms with Gasteiger partial charge in [0.2, 0.25) is 0 Å². The fraction of sp³-hybridized carbons (Fsp3) is 0.625. The van der Waals surface area contributed by atoms with Crippen molar-refractivity contribution < 1.29 is 5.11 Å². The van der Waals surface area contributed by atoms with E-state index >= 15 is 0 Å². The number of hydrogen-bond acceptors (Lipinski definition) is 3. The highest BCUT2D eigenvalue weighted by Crippen LogP contribution is 2.21. The van der Waals surface area contributed by atoms with E-state index in [2.05, 4.69) is 34.1 Å². The minimum absolute atomic E-state index is 0.0752. The molecule has 0 aliphatic carbocycles. The van der Waals surface area contributed by atoms with Crippen LogP contribution >= 0.6 is 0 Å². The highest BCUT2D eigenvalue weighted by Gasteiger charge is 2.17. The quantitative estimate of drug-likeness (QED) is 0.903. The van der Waals surface area contributed by atoms with E-state index in [1.54, 1.807) is 0 Å². The average Bonchev–Trinajstić information content (AvgIpc) is 2.96. The van der Waals surface area contributed by atoms with Crippen LogP contribution in [0.3, 0.4) is 0 Å². The molecule has 2 heterocycles. The normalized spacial score (nSPS) is 22.1. The molecule has 0 atom stereocenters. The van der Waals surface area contributed by atoms with E-state index in [1.807, 2.05) is 0 Å². The number of likely N-dealkylation sites (tertiary alicyclic amines) is 1. The Morgan fingerprint density at radius 1 is 0.947 bits per heavy atom. The number of benzene rings is 1. The molecule has 2 saturated heterocycles. The second-order valence-corrected chi connectivity index (χ2v) is 5.87. The zero-order valence-electron chi connectivity index (χ0n) is 11.6. The molecule has 0 saturated carbocycles. The second kappa shape index (κ2) is 5.93. The second-order valence-electron chi connectivity index (χ2n) is 5.87. The number of hydrogen-bond donors (Lipinski definition) is 1. The molecule has 0 unspecified atom stereocenters. The van der Waals surface area contributed by atoms with Crippen LogP contribution in [-0.2, 0) is 6.54 Å². The van der Waals surface area contributed by atoms with Gasteiger partial charge in [-0.1, -0.05) is 12.1 Å². The van der Waals surface area contributed by atoms with Crippen molar-refractivity contribution in [1.29, 1.82) is 0 Å². The Labute approximate surface area is 115 Å². The maximum Gasteiger partial charge on any atom is 0.0564 e. The summed E-state index contributed by atoms with van der Waals surface area (Å²) < 4.78 is 0. The fourth-order valence-corrected chi connectivity index (χ4v) is 3.12. The van der Waals surface area contributed by atoms with E-state index in [1.165, 1.54) is 37.2 Å². The van der Waals surface area contributed by atoms with Gasteiger partial charge in [-0.05, 0) is 43.4 Å². The van der Waals surface area contributed by atoms with Gasteiger partial charge >= 0.3 is 0 Å². The molecule has 0 radical (unpaired) electrons. The molecule has 0 amide bonds. The summed E-state index contributed by atoms with van der Waals surface area (Å²) in [4.78, 5) is 4.92. The van der Waals surface area contributed by atoms with Crippen molar-refractivity contribution in [3.05, 3.63) is 29.8 Å². The van der Waals surface area contributed by atoms with E-state index in [9.17, 15) is 5.11 Å². The number of aliphatic hydroxyl groups is 1.